The number of rotatable bonds is 4. The summed E-state index contributed by atoms with van der Waals surface area (Å²) in [5.41, 5.74) is 0.851. The van der Waals surface area contributed by atoms with Crippen LogP contribution in [0.5, 0.6) is 5.75 Å². The second-order valence-corrected chi connectivity index (χ2v) is 8.06. The molecule has 1 amide bonds. The van der Waals surface area contributed by atoms with Crippen molar-refractivity contribution in [3.63, 3.8) is 0 Å². The molecule has 3 aromatic rings. The highest BCUT2D eigenvalue weighted by atomic mass is 16.5. The molecule has 0 spiro atoms. The summed E-state index contributed by atoms with van der Waals surface area (Å²) in [6.07, 6.45) is 4.48. The average Bonchev–Trinajstić information content (AvgIpc) is 3.03. The third-order valence-electron chi connectivity index (χ3n) is 6.13. The highest BCUT2D eigenvalue weighted by Gasteiger charge is 2.24. The zero-order valence-corrected chi connectivity index (χ0v) is 18.1. The summed E-state index contributed by atoms with van der Waals surface area (Å²) >= 11 is 0. The molecule has 0 N–H and O–H groups in total. The number of imidazole rings is 1. The van der Waals surface area contributed by atoms with Crippen molar-refractivity contribution in [3.8, 4) is 5.75 Å². The normalized spacial score (nSPS) is 17.0. The standard InChI is InChI=1S/C22H27N5O4/c1-24-20-19(21(29)25(2)22(24)30)27(14-23-20)13-18(28)26-11-5-4-6-16(12-26)15-7-9-17(31-3)10-8-15/h7-10,14,16H,4-6,11-13H2,1-3H3. The maximum Gasteiger partial charge on any atom is 0.332 e. The number of aromatic nitrogens is 4. The van der Waals surface area contributed by atoms with Crippen molar-refractivity contribution in [1.82, 2.24) is 23.6 Å². The number of hydrogen-bond acceptors (Lipinski definition) is 5. The van der Waals surface area contributed by atoms with Crippen molar-refractivity contribution in [2.24, 2.45) is 14.1 Å². The van der Waals surface area contributed by atoms with Gasteiger partial charge in [0.2, 0.25) is 5.91 Å². The molecular formula is C22H27N5O4. The topological polar surface area (TPSA) is 91.4 Å². The summed E-state index contributed by atoms with van der Waals surface area (Å²) in [7, 11) is 4.64. The molecule has 1 unspecified atom stereocenters. The van der Waals surface area contributed by atoms with Gasteiger partial charge in [0.15, 0.2) is 11.2 Å². The number of nitrogens with zero attached hydrogens (tertiary/aromatic N) is 5. The van der Waals surface area contributed by atoms with E-state index in [2.05, 4.69) is 17.1 Å². The number of benzene rings is 1. The van der Waals surface area contributed by atoms with Crippen LogP contribution in [0.3, 0.4) is 0 Å². The van der Waals surface area contributed by atoms with Gasteiger partial charge in [0.25, 0.3) is 5.56 Å². The molecule has 0 saturated carbocycles. The molecule has 0 bridgehead atoms. The maximum absolute atomic E-state index is 13.2. The van der Waals surface area contributed by atoms with Crippen molar-refractivity contribution in [2.45, 2.75) is 31.7 Å². The quantitative estimate of drug-likeness (QED) is 0.627. The summed E-state index contributed by atoms with van der Waals surface area (Å²) in [6, 6.07) is 8.02. The van der Waals surface area contributed by atoms with E-state index in [-0.39, 0.29) is 29.5 Å². The first-order valence-corrected chi connectivity index (χ1v) is 10.4. The molecule has 1 atom stereocenters. The molecule has 9 heteroatoms. The number of ether oxygens (including phenoxy) is 1. The van der Waals surface area contributed by atoms with Crippen LogP contribution in [0.15, 0.2) is 40.2 Å². The molecule has 1 aliphatic heterocycles. The summed E-state index contributed by atoms with van der Waals surface area (Å²) in [4.78, 5) is 44.0. The minimum atomic E-state index is -0.449. The van der Waals surface area contributed by atoms with Crippen LogP contribution in [0, 0.1) is 0 Å². The third-order valence-corrected chi connectivity index (χ3v) is 6.13. The SMILES string of the molecule is COc1ccc(C2CCCCN(C(=O)Cn3cnc4c3c(=O)n(C)c(=O)n4C)C2)cc1. The van der Waals surface area contributed by atoms with E-state index in [1.54, 1.807) is 18.7 Å². The zero-order chi connectivity index (χ0) is 22.1. The van der Waals surface area contributed by atoms with Crippen LogP contribution in [0.25, 0.3) is 11.2 Å². The third kappa shape index (κ3) is 3.87. The van der Waals surface area contributed by atoms with Gasteiger partial charge in [-0.1, -0.05) is 18.6 Å². The summed E-state index contributed by atoms with van der Waals surface area (Å²) in [5, 5.41) is 0. The van der Waals surface area contributed by atoms with Gasteiger partial charge in [-0.05, 0) is 30.5 Å². The van der Waals surface area contributed by atoms with Gasteiger partial charge >= 0.3 is 5.69 Å². The number of amides is 1. The van der Waals surface area contributed by atoms with Gasteiger partial charge in [0.05, 0.1) is 13.4 Å². The average molecular weight is 425 g/mol. The number of fused-ring (bicyclic) bond motifs is 1. The highest BCUT2D eigenvalue weighted by Crippen LogP contribution is 2.28. The molecule has 3 heterocycles. The van der Waals surface area contributed by atoms with E-state index in [9.17, 15) is 14.4 Å². The smallest absolute Gasteiger partial charge is 0.332 e. The Morgan fingerprint density at radius 3 is 2.58 bits per heavy atom. The van der Waals surface area contributed by atoms with E-state index < -0.39 is 11.2 Å². The molecule has 2 aromatic heterocycles. The molecule has 31 heavy (non-hydrogen) atoms. The van der Waals surface area contributed by atoms with Crippen molar-refractivity contribution in [1.29, 1.82) is 0 Å². The maximum atomic E-state index is 13.2. The molecule has 164 valence electrons. The predicted octanol–water partition coefficient (Wildman–Crippen LogP) is 1.24. The van der Waals surface area contributed by atoms with E-state index in [1.165, 1.54) is 23.5 Å². The van der Waals surface area contributed by atoms with Gasteiger partial charge in [0.1, 0.15) is 12.3 Å². The lowest BCUT2D eigenvalue weighted by Crippen LogP contribution is -2.39. The van der Waals surface area contributed by atoms with Crippen molar-refractivity contribution in [2.75, 3.05) is 20.2 Å². The van der Waals surface area contributed by atoms with Gasteiger partial charge in [-0.2, -0.15) is 0 Å². The lowest BCUT2D eigenvalue weighted by atomic mass is 9.94. The van der Waals surface area contributed by atoms with Crippen LogP contribution >= 0.6 is 0 Å². The van der Waals surface area contributed by atoms with Gasteiger partial charge in [-0.15, -0.1) is 0 Å². The van der Waals surface area contributed by atoms with Crippen LogP contribution in [-0.2, 0) is 25.4 Å². The minimum absolute atomic E-state index is 0.0132. The monoisotopic (exact) mass is 425 g/mol. The molecule has 1 aromatic carbocycles. The Hall–Kier alpha value is -3.36. The van der Waals surface area contributed by atoms with Crippen molar-refractivity contribution >= 4 is 17.1 Å². The fraction of sp³-hybridized carbons (Fsp3) is 0.455. The fourth-order valence-electron chi connectivity index (χ4n) is 4.28. The van der Waals surface area contributed by atoms with Gasteiger partial charge in [0, 0.05) is 33.1 Å². The van der Waals surface area contributed by atoms with Gasteiger partial charge < -0.3 is 14.2 Å². The Balaban J connectivity index is 1.58. The first-order valence-electron chi connectivity index (χ1n) is 10.4. The Labute approximate surface area is 179 Å². The lowest BCUT2D eigenvalue weighted by Gasteiger charge is -2.25. The number of likely N-dealkylation sites (tertiary alicyclic amines) is 1. The number of methoxy groups -OCH3 is 1. The van der Waals surface area contributed by atoms with E-state index in [0.717, 1.165) is 29.6 Å². The lowest BCUT2D eigenvalue weighted by molar-refractivity contribution is -0.131. The van der Waals surface area contributed by atoms with Crippen LogP contribution in [-0.4, -0.2) is 49.7 Å². The largest absolute Gasteiger partial charge is 0.497 e. The molecule has 9 nitrogen and oxygen atoms in total. The molecule has 1 saturated heterocycles. The van der Waals surface area contributed by atoms with Crippen LogP contribution in [0.1, 0.15) is 30.7 Å². The Morgan fingerprint density at radius 1 is 1.13 bits per heavy atom. The number of carbonyl (C=O) groups is 1. The first kappa shape index (κ1) is 20.9. The van der Waals surface area contributed by atoms with Crippen LogP contribution < -0.4 is 16.0 Å². The summed E-state index contributed by atoms with van der Waals surface area (Å²) < 4.78 is 9.16. The second-order valence-electron chi connectivity index (χ2n) is 8.06. The first-order chi connectivity index (χ1) is 14.9. The molecule has 0 radical (unpaired) electrons. The Morgan fingerprint density at radius 2 is 1.87 bits per heavy atom. The van der Waals surface area contributed by atoms with Crippen molar-refractivity contribution < 1.29 is 9.53 Å². The number of carbonyl (C=O) groups excluding carboxylic acids is 1. The fourth-order valence-corrected chi connectivity index (χ4v) is 4.28. The number of aryl methyl sites for hydroxylation is 1. The highest BCUT2D eigenvalue weighted by molar-refractivity contribution is 5.79. The Kier molecular flexibility index (Phi) is 5.67. The Bertz CT molecular complexity index is 1220. The molecule has 4 rings (SSSR count). The molecule has 0 aliphatic carbocycles. The summed E-state index contributed by atoms with van der Waals surface area (Å²) in [6.45, 7) is 1.34. The zero-order valence-electron chi connectivity index (χ0n) is 18.1. The molecule has 1 aliphatic rings. The van der Waals surface area contributed by atoms with Crippen LogP contribution in [0.2, 0.25) is 0 Å². The van der Waals surface area contributed by atoms with E-state index >= 15 is 0 Å². The van der Waals surface area contributed by atoms with Crippen LogP contribution in [0.4, 0.5) is 0 Å². The van der Waals surface area contributed by atoms with E-state index in [4.69, 9.17) is 4.74 Å². The van der Waals surface area contributed by atoms with Crippen molar-refractivity contribution in [3.05, 3.63) is 57.0 Å². The minimum Gasteiger partial charge on any atom is -0.497 e. The molecular weight excluding hydrogens is 398 g/mol. The summed E-state index contributed by atoms with van der Waals surface area (Å²) in [5.74, 6) is 1.01. The second kappa shape index (κ2) is 8.41. The molecule has 1 fully saturated rings. The van der Waals surface area contributed by atoms with E-state index in [0.29, 0.717) is 13.1 Å². The van der Waals surface area contributed by atoms with Gasteiger partial charge in [-0.25, -0.2) is 9.78 Å². The van der Waals surface area contributed by atoms with Gasteiger partial charge in [-0.3, -0.25) is 18.7 Å². The number of hydrogen-bond donors (Lipinski definition) is 0. The van der Waals surface area contributed by atoms with E-state index in [1.807, 2.05) is 17.0 Å². The predicted molar refractivity (Wildman–Crippen MR) is 116 cm³/mol.